The number of benzene rings is 2. The molecule has 2 aromatic carbocycles. The van der Waals surface area contributed by atoms with Crippen LogP contribution in [0.5, 0.6) is 5.75 Å². The molecule has 0 spiro atoms. The van der Waals surface area contributed by atoms with Gasteiger partial charge in [-0.15, -0.1) is 0 Å². The van der Waals surface area contributed by atoms with E-state index < -0.39 is 23.5 Å². The van der Waals surface area contributed by atoms with Crippen LogP contribution in [0.3, 0.4) is 0 Å². The minimum Gasteiger partial charge on any atom is -0.508 e. The molecule has 0 amide bonds. The minimum atomic E-state index is -4.68. The molecule has 0 atom stereocenters. The van der Waals surface area contributed by atoms with Gasteiger partial charge in [0.15, 0.2) is 0 Å². The van der Waals surface area contributed by atoms with E-state index in [-0.39, 0.29) is 17.5 Å². The lowest BCUT2D eigenvalue weighted by molar-refractivity contribution is -0.137. The smallest absolute Gasteiger partial charge is 0.417 e. The van der Waals surface area contributed by atoms with Crippen LogP contribution in [-0.2, 0) is 12.6 Å². The summed E-state index contributed by atoms with van der Waals surface area (Å²) >= 11 is 0. The molecule has 0 saturated heterocycles. The van der Waals surface area contributed by atoms with Gasteiger partial charge >= 0.3 is 12.1 Å². The second-order valence-corrected chi connectivity index (χ2v) is 5.67. The number of alkyl halides is 3. The Morgan fingerprint density at radius 3 is 2.37 bits per heavy atom. The quantitative estimate of drug-likeness (QED) is 0.617. The molecule has 0 saturated carbocycles. The number of carbonyl (C=O) groups is 1. The average Bonchev–Trinajstić information content (AvgIpc) is 2.60. The Balaban J connectivity index is 2.47. The molecular formula is C20H14F3NO3. The van der Waals surface area contributed by atoms with Crippen molar-refractivity contribution in [3.63, 3.8) is 0 Å². The number of aromatic carboxylic acids is 1. The molecular weight excluding hydrogens is 359 g/mol. The summed E-state index contributed by atoms with van der Waals surface area (Å²) in [4.78, 5) is 11.1. The molecule has 0 radical (unpaired) electrons. The zero-order valence-electron chi connectivity index (χ0n) is 14.0. The first-order valence-corrected chi connectivity index (χ1v) is 7.88. The monoisotopic (exact) mass is 373 g/mol. The number of aryl methyl sites for hydroxylation is 1. The predicted octanol–water partition coefficient (Wildman–Crippen LogP) is 4.36. The summed E-state index contributed by atoms with van der Waals surface area (Å²) in [6.45, 7) is 0. The maximum Gasteiger partial charge on any atom is 0.417 e. The number of carboxylic acids is 1. The summed E-state index contributed by atoms with van der Waals surface area (Å²) in [6, 6.07) is 8.94. The van der Waals surface area contributed by atoms with Crippen molar-refractivity contribution in [2.24, 2.45) is 0 Å². The van der Waals surface area contributed by atoms with Crippen LogP contribution in [0.2, 0.25) is 0 Å². The summed E-state index contributed by atoms with van der Waals surface area (Å²) < 4.78 is 39.3. The van der Waals surface area contributed by atoms with E-state index in [0.717, 1.165) is 12.1 Å². The molecule has 0 aliphatic heterocycles. The van der Waals surface area contributed by atoms with Gasteiger partial charge in [-0.3, -0.25) is 0 Å². The number of carboxylic acid groups (broad SMARTS) is 1. The topological polar surface area (TPSA) is 81.3 Å². The highest BCUT2D eigenvalue weighted by Gasteiger charge is 2.33. The minimum absolute atomic E-state index is 0.0353. The van der Waals surface area contributed by atoms with Crippen LogP contribution in [0.1, 0.15) is 45.5 Å². The Hall–Kier alpha value is -3.45. The van der Waals surface area contributed by atoms with Crippen LogP contribution >= 0.6 is 0 Å². The number of aromatic hydroxyl groups is 1. The number of unbranched alkanes of at least 4 members (excludes halogenated alkanes) is 1. The van der Waals surface area contributed by atoms with Gasteiger partial charge in [0.2, 0.25) is 0 Å². The van der Waals surface area contributed by atoms with Gasteiger partial charge < -0.3 is 10.2 Å². The van der Waals surface area contributed by atoms with Gasteiger partial charge in [0.05, 0.1) is 17.2 Å². The van der Waals surface area contributed by atoms with Crippen molar-refractivity contribution in [2.45, 2.75) is 25.4 Å². The van der Waals surface area contributed by atoms with E-state index in [9.17, 15) is 23.1 Å². The third-order valence-corrected chi connectivity index (χ3v) is 3.73. The van der Waals surface area contributed by atoms with Gasteiger partial charge in [-0.05, 0) is 54.8 Å². The van der Waals surface area contributed by atoms with Crippen molar-refractivity contribution in [3.8, 4) is 23.7 Å². The molecule has 0 aromatic heterocycles. The molecule has 0 aliphatic carbocycles. The van der Waals surface area contributed by atoms with Crippen LogP contribution in [-0.4, -0.2) is 16.2 Å². The molecule has 0 fully saturated rings. The Kier molecular flexibility index (Phi) is 6.10. The molecule has 4 nitrogen and oxygen atoms in total. The first-order chi connectivity index (χ1) is 12.7. The number of nitrogens with zero attached hydrogens (tertiary/aromatic N) is 1. The molecule has 138 valence electrons. The molecule has 0 bridgehead atoms. The van der Waals surface area contributed by atoms with Crippen LogP contribution in [0.25, 0.3) is 0 Å². The van der Waals surface area contributed by atoms with E-state index in [1.165, 1.54) is 18.2 Å². The molecule has 0 aliphatic rings. The maximum atomic E-state index is 13.1. The molecule has 2 N–H and O–H groups in total. The van der Waals surface area contributed by atoms with Crippen molar-refractivity contribution in [1.29, 1.82) is 5.26 Å². The van der Waals surface area contributed by atoms with E-state index in [0.29, 0.717) is 30.0 Å². The van der Waals surface area contributed by atoms with Crippen LogP contribution in [0.4, 0.5) is 13.2 Å². The lowest BCUT2D eigenvalue weighted by Gasteiger charge is -2.09. The van der Waals surface area contributed by atoms with E-state index in [4.69, 9.17) is 10.4 Å². The number of phenols is 1. The Morgan fingerprint density at radius 2 is 1.74 bits per heavy atom. The number of hydrogen-bond acceptors (Lipinski definition) is 3. The van der Waals surface area contributed by atoms with Crippen LogP contribution < -0.4 is 0 Å². The first kappa shape index (κ1) is 19.9. The zero-order valence-corrected chi connectivity index (χ0v) is 14.0. The van der Waals surface area contributed by atoms with Gasteiger partial charge in [0.25, 0.3) is 0 Å². The first-order valence-electron chi connectivity index (χ1n) is 7.88. The summed E-state index contributed by atoms with van der Waals surface area (Å²) in [5.74, 6) is 3.45. The van der Waals surface area contributed by atoms with E-state index in [1.54, 1.807) is 0 Å². The standard InChI is InChI=1S/C20H14F3NO3/c21-20(22,23)18-12-17(25)9-8-14(18)6-4-13-5-7-16(19(26)27)11-15(13)3-1-2-10-24/h5,7-9,11-12,25H,1-3H2,(H,26,27). The second-order valence-electron chi connectivity index (χ2n) is 5.67. The maximum absolute atomic E-state index is 13.1. The summed E-state index contributed by atoms with van der Waals surface area (Å²) in [5.41, 5.74) is -0.383. The molecule has 2 aromatic rings. The summed E-state index contributed by atoms with van der Waals surface area (Å²) in [6.07, 6.45) is -3.56. The van der Waals surface area contributed by atoms with Crippen LogP contribution in [0.15, 0.2) is 36.4 Å². The van der Waals surface area contributed by atoms with Crippen molar-refractivity contribution < 1.29 is 28.2 Å². The Morgan fingerprint density at radius 1 is 1.07 bits per heavy atom. The van der Waals surface area contributed by atoms with Gasteiger partial charge in [-0.25, -0.2) is 4.79 Å². The van der Waals surface area contributed by atoms with Gasteiger partial charge in [0.1, 0.15) is 5.75 Å². The second kappa shape index (κ2) is 8.29. The SMILES string of the molecule is N#CCCCc1cc(C(=O)O)ccc1C#Cc1ccc(O)cc1C(F)(F)F. The Bertz CT molecular complexity index is 963. The number of nitriles is 1. The predicted molar refractivity (Wildman–Crippen MR) is 91.0 cm³/mol. The number of phenolic OH excluding ortho intramolecular Hbond substituents is 1. The lowest BCUT2D eigenvalue weighted by Crippen LogP contribution is -2.07. The lowest BCUT2D eigenvalue weighted by atomic mass is 9.98. The largest absolute Gasteiger partial charge is 0.508 e. The summed E-state index contributed by atoms with van der Waals surface area (Å²) in [5, 5.41) is 27.0. The third kappa shape index (κ3) is 5.26. The van der Waals surface area contributed by atoms with Crippen molar-refractivity contribution in [2.75, 3.05) is 0 Å². The van der Waals surface area contributed by atoms with Crippen molar-refractivity contribution >= 4 is 5.97 Å². The average molecular weight is 373 g/mol. The third-order valence-electron chi connectivity index (χ3n) is 3.73. The van der Waals surface area contributed by atoms with Crippen molar-refractivity contribution in [1.82, 2.24) is 0 Å². The highest BCUT2D eigenvalue weighted by molar-refractivity contribution is 5.88. The number of hydrogen-bond donors (Lipinski definition) is 2. The summed E-state index contributed by atoms with van der Waals surface area (Å²) in [7, 11) is 0. The highest BCUT2D eigenvalue weighted by Crippen LogP contribution is 2.33. The van der Waals surface area contributed by atoms with Gasteiger partial charge in [-0.1, -0.05) is 11.8 Å². The fraction of sp³-hybridized carbons (Fsp3) is 0.200. The molecule has 0 heterocycles. The Labute approximate surface area is 153 Å². The van der Waals surface area contributed by atoms with Gasteiger partial charge in [0, 0.05) is 17.5 Å². The molecule has 7 heteroatoms. The fourth-order valence-electron chi connectivity index (χ4n) is 2.42. The van der Waals surface area contributed by atoms with E-state index >= 15 is 0 Å². The number of halogens is 3. The van der Waals surface area contributed by atoms with Crippen LogP contribution in [0, 0.1) is 23.2 Å². The fourth-order valence-corrected chi connectivity index (χ4v) is 2.42. The highest BCUT2D eigenvalue weighted by atomic mass is 19.4. The normalized spacial score (nSPS) is 10.6. The van der Waals surface area contributed by atoms with Crippen molar-refractivity contribution in [3.05, 3.63) is 64.2 Å². The van der Waals surface area contributed by atoms with Gasteiger partial charge in [-0.2, -0.15) is 18.4 Å². The molecule has 0 unspecified atom stereocenters. The zero-order chi connectivity index (χ0) is 20.0. The number of rotatable bonds is 4. The van der Waals surface area contributed by atoms with E-state index in [2.05, 4.69) is 11.8 Å². The molecule has 27 heavy (non-hydrogen) atoms. The van der Waals surface area contributed by atoms with E-state index in [1.807, 2.05) is 6.07 Å². The molecule has 2 rings (SSSR count).